The molecule has 5 nitrogen and oxygen atoms in total. The number of hydrogen-bond donors (Lipinski definition) is 1. The first-order valence-electron chi connectivity index (χ1n) is 6.75. The second kappa shape index (κ2) is 9.32. The Hall–Kier alpha value is -0.730. The van der Waals surface area contributed by atoms with Gasteiger partial charge in [-0.15, -0.1) is 24.0 Å². The number of hydrogen-bond acceptors (Lipinski definition) is 3. The van der Waals surface area contributed by atoms with E-state index in [1.807, 2.05) is 24.3 Å². The molecule has 0 bridgehead atoms. The number of piperazine rings is 1. The van der Waals surface area contributed by atoms with E-state index in [1.165, 1.54) is 5.69 Å². The summed E-state index contributed by atoms with van der Waals surface area (Å²) < 4.78 is 4.96. The molecule has 0 aromatic heterocycles. The van der Waals surface area contributed by atoms with Crippen LogP contribution >= 0.6 is 35.6 Å². The van der Waals surface area contributed by atoms with Gasteiger partial charge in [-0.2, -0.15) is 0 Å². The first kappa shape index (κ1) is 18.3. The Morgan fingerprint density at radius 2 is 1.86 bits per heavy atom. The molecule has 21 heavy (non-hydrogen) atoms. The standard InChI is InChI=1S/C14H21ClN4O.HI/c1-20-11-6-17-14(16)19-9-7-18(8-10-19)13-4-2-12(15)3-5-13;/h2-5H,6-11H2,1H3,(H2,16,17);1H. The van der Waals surface area contributed by atoms with Gasteiger partial charge in [0, 0.05) is 44.0 Å². The lowest BCUT2D eigenvalue weighted by atomic mass is 10.2. The lowest BCUT2D eigenvalue weighted by Gasteiger charge is -2.36. The van der Waals surface area contributed by atoms with E-state index >= 15 is 0 Å². The fraction of sp³-hybridized carbons (Fsp3) is 0.500. The van der Waals surface area contributed by atoms with Crippen LogP contribution in [-0.4, -0.2) is 57.3 Å². The molecule has 0 spiro atoms. The van der Waals surface area contributed by atoms with E-state index in [2.05, 4.69) is 14.8 Å². The van der Waals surface area contributed by atoms with Crippen molar-refractivity contribution in [1.29, 1.82) is 0 Å². The van der Waals surface area contributed by atoms with Crippen LogP contribution in [0.4, 0.5) is 5.69 Å². The van der Waals surface area contributed by atoms with E-state index in [0.717, 1.165) is 31.2 Å². The summed E-state index contributed by atoms with van der Waals surface area (Å²) in [7, 11) is 1.66. The molecule has 0 radical (unpaired) electrons. The molecule has 1 aliphatic rings. The molecular formula is C14H22ClIN4O. The van der Waals surface area contributed by atoms with E-state index in [0.29, 0.717) is 19.1 Å². The van der Waals surface area contributed by atoms with Gasteiger partial charge in [-0.25, -0.2) is 0 Å². The fourth-order valence-corrected chi connectivity index (χ4v) is 2.32. The molecule has 2 N–H and O–H groups in total. The highest BCUT2D eigenvalue weighted by Gasteiger charge is 2.18. The summed E-state index contributed by atoms with van der Waals surface area (Å²) in [5, 5.41) is 0.766. The molecule has 0 atom stereocenters. The first-order valence-corrected chi connectivity index (χ1v) is 7.13. The van der Waals surface area contributed by atoms with E-state index in [4.69, 9.17) is 22.1 Å². The Labute approximate surface area is 148 Å². The van der Waals surface area contributed by atoms with Crippen LogP contribution in [0, 0.1) is 0 Å². The summed E-state index contributed by atoms with van der Waals surface area (Å²) in [6, 6.07) is 7.94. The molecule has 1 aromatic rings. The number of nitrogens with two attached hydrogens (primary N) is 1. The summed E-state index contributed by atoms with van der Waals surface area (Å²) in [4.78, 5) is 8.75. The number of nitrogens with zero attached hydrogens (tertiary/aromatic N) is 3. The van der Waals surface area contributed by atoms with Crippen LogP contribution in [-0.2, 0) is 4.74 Å². The van der Waals surface area contributed by atoms with E-state index in [1.54, 1.807) is 7.11 Å². The number of rotatable bonds is 4. The van der Waals surface area contributed by atoms with Gasteiger partial charge in [0.25, 0.3) is 0 Å². The van der Waals surface area contributed by atoms with Crippen LogP contribution in [0.5, 0.6) is 0 Å². The monoisotopic (exact) mass is 424 g/mol. The Morgan fingerprint density at radius 1 is 1.24 bits per heavy atom. The Bertz CT molecular complexity index is 447. The molecule has 1 saturated heterocycles. The van der Waals surface area contributed by atoms with Crippen LogP contribution < -0.4 is 10.6 Å². The van der Waals surface area contributed by atoms with Gasteiger partial charge in [-0.1, -0.05) is 11.6 Å². The zero-order chi connectivity index (χ0) is 14.4. The Balaban J connectivity index is 0.00000220. The van der Waals surface area contributed by atoms with Crippen LogP contribution in [0.25, 0.3) is 0 Å². The van der Waals surface area contributed by atoms with Gasteiger partial charge in [0.2, 0.25) is 0 Å². The Morgan fingerprint density at radius 3 is 2.43 bits per heavy atom. The highest BCUT2D eigenvalue weighted by atomic mass is 127. The van der Waals surface area contributed by atoms with Gasteiger partial charge in [-0.3, -0.25) is 4.99 Å². The second-order valence-electron chi connectivity index (χ2n) is 4.68. The smallest absolute Gasteiger partial charge is 0.191 e. The molecule has 1 fully saturated rings. The number of guanidine groups is 1. The van der Waals surface area contributed by atoms with Crippen molar-refractivity contribution >= 4 is 47.2 Å². The van der Waals surface area contributed by atoms with E-state index in [-0.39, 0.29) is 24.0 Å². The summed E-state index contributed by atoms with van der Waals surface area (Å²) in [6.45, 7) is 4.84. The van der Waals surface area contributed by atoms with Crippen molar-refractivity contribution in [2.75, 3.05) is 51.3 Å². The van der Waals surface area contributed by atoms with Gasteiger partial charge in [0.05, 0.1) is 13.2 Å². The normalized spacial score (nSPS) is 15.8. The third-order valence-electron chi connectivity index (χ3n) is 3.36. The summed E-state index contributed by atoms with van der Waals surface area (Å²) in [5.41, 5.74) is 7.18. The number of halogens is 2. The van der Waals surface area contributed by atoms with Crippen molar-refractivity contribution in [3.05, 3.63) is 29.3 Å². The molecule has 1 heterocycles. The second-order valence-corrected chi connectivity index (χ2v) is 5.12. The van der Waals surface area contributed by atoms with Gasteiger partial charge in [0.1, 0.15) is 0 Å². The van der Waals surface area contributed by atoms with Crippen molar-refractivity contribution in [3.8, 4) is 0 Å². The summed E-state index contributed by atoms with van der Waals surface area (Å²) in [5.74, 6) is 0.609. The molecular weight excluding hydrogens is 403 g/mol. The predicted octanol–water partition coefficient (Wildman–Crippen LogP) is 2.04. The number of ether oxygens (including phenoxy) is 1. The van der Waals surface area contributed by atoms with Crippen molar-refractivity contribution in [2.24, 2.45) is 10.7 Å². The number of aliphatic imine (C=N–C) groups is 1. The van der Waals surface area contributed by atoms with Crippen molar-refractivity contribution in [1.82, 2.24) is 4.90 Å². The molecule has 118 valence electrons. The zero-order valence-corrected chi connectivity index (χ0v) is 15.3. The third kappa shape index (κ3) is 5.52. The molecule has 7 heteroatoms. The van der Waals surface area contributed by atoms with E-state index in [9.17, 15) is 0 Å². The highest BCUT2D eigenvalue weighted by molar-refractivity contribution is 14.0. The average molecular weight is 425 g/mol. The van der Waals surface area contributed by atoms with Crippen LogP contribution in [0.3, 0.4) is 0 Å². The quantitative estimate of drug-likeness (QED) is 0.348. The molecule has 0 amide bonds. The number of anilines is 1. The molecule has 2 rings (SSSR count). The SMILES string of the molecule is COCCN=C(N)N1CCN(c2ccc(Cl)cc2)CC1.I. The van der Waals surface area contributed by atoms with Gasteiger partial charge in [0.15, 0.2) is 5.96 Å². The molecule has 0 saturated carbocycles. The zero-order valence-electron chi connectivity index (χ0n) is 12.2. The molecule has 0 aliphatic carbocycles. The number of methoxy groups -OCH3 is 1. The minimum absolute atomic E-state index is 0. The molecule has 1 aromatic carbocycles. The van der Waals surface area contributed by atoms with Crippen LogP contribution in [0.1, 0.15) is 0 Å². The number of benzene rings is 1. The van der Waals surface area contributed by atoms with Crippen molar-refractivity contribution in [2.45, 2.75) is 0 Å². The fourth-order valence-electron chi connectivity index (χ4n) is 2.20. The van der Waals surface area contributed by atoms with Crippen molar-refractivity contribution < 1.29 is 4.74 Å². The maximum atomic E-state index is 5.98. The topological polar surface area (TPSA) is 54.1 Å². The van der Waals surface area contributed by atoms with Gasteiger partial charge >= 0.3 is 0 Å². The Kier molecular flexibility index (Phi) is 8.13. The van der Waals surface area contributed by atoms with Crippen molar-refractivity contribution in [3.63, 3.8) is 0 Å². The maximum Gasteiger partial charge on any atom is 0.191 e. The lowest BCUT2D eigenvalue weighted by Crippen LogP contribution is -2.51. The van der Waals surface area contributed by atoms with Gasteiger partial charge in [-0.05, 0) is 24.3 Å². The summed E-state index contributed by atoms with van der Waals surface area (Å²) in [6.07, 6.45) is 0. The first-order chi connectivity index (χ1) is 9.70. The minimum Gasteiger partial charge on any atom is -0.383 e. The van der Waals surface area contributed by atoms with Gasteiger partial charge < -0.3 is 20.3 Å². The highest BCUT2D eigenvalue weighted by Crippen LogP contribution is 2.19. The molecule has 1 aliphatic heterocycles. The molecule has 0 unspecified atom stereocenters. The third-order valence-corrected chi connectivity index (χ3v) is 3.62. The maximum absolute atomic E-state index is 5.98. The largest absolute Gasteiger partial charge is 0.383 e. The average Bonchev–Trinajstić information content (AvgIpc) is 2.48. The summed E-state index contributed by atoms with van der Waals surface area (Å²) >= 11 is 5.91. The predicted molar refractivity (Wildman–Crippen MR) is 99.0 cm³/mol. The lowest BCUT2D eigenvalue weighted by molar-refractivity contribution is 0.207. The van der Waals surface area contributed by atoms with Crippen LogP contribution in [0.15, 0.2) is 29.3 Å². The van der Waals surface area contributed by atoms with Crippen LogP contribution in [0.2, 0.25) is 5.02 Å². The van der Waals surface area contributed by atoms with E-state index < -0.39 is 0 Å². The minimum atomic E-state index is 0.